The number of hydrogen-bond donors (Lipinski definition) is 1. The third kappa shape index (κ3) is 5.05. The molecule has 1 saturated heterocycles. The first-order valence-electron chi connectivity index (χ1n) is 5.86. The lowest BCUT2D eigenvalue weighted by atomic mass is 9.89. The minimum atomic E-state index is -0.492. The highest BCUT2D eigenvalue weighted by molar-refractivity contribution is 5.67. The van der Waals surface area contributed by atoms with Gasteiger partial charge in [-0.2, -0.15) is 5.26 Å². The van der Waals surface area contributed by atoms with Crippen molar-refractivity contribution in [3.05, 3.63) is 0 Å². The van der Waals surface area contributed by atoms with E-state index in [-0.39, 0.29) is 11.8 Å². The molecule has 0 spiro atoms. The van der Waals surface area contributed by atoms with Crippen molar-refractivity contribution in [1.82, 2.24) is 5.32 Å². The number of hydrogen-bond acceptors (Lipinski definition) is 4. The Labute approximate surface area is 102 Å². The third-order valence-corrected chi connectivity index (χ3v) is 2.57. The first kappa shape index (κ1) is 13.8. The molecule has 0 aromatic rings. The molecule has 0 unspecified atom stereocenters. The smallest absolute Gasteiger partial charge is 0.407 e. The van der Waals surface area contributed by atoms with E-state index in [1.165, 1.54) is 0 Å². The maximum absolute atomic E-state index is 11.4. The minimum Gasteiger partial charge on any atom is -0.444 e. The zero-order chi connectivity index (χ0) is 12.9. The summed E-state index contributed by atoms with van der Waals surface area (Å²) in [5.74, 6) is 0.0138. The van der Waals surface area contributed by atoms with Crippen LogP contribution in [0.2, 0.25) is 0 Å². The second kappa shape index (κ2) is 5.87. The quantitative estimate of drug-likeness (QED) is 0.797. The van der Waals surface area contributed by atoms with Gasteiger partial charge in [-0.05, 0) is 33.1 Å². The first-order chi connectivity index (χ1) is 7.92. The van der Waals surface area contributed by atoms with Gasteiger partial charge in [0.2, 0.25) is 0 Å². The maximum atomic E-state index is 11.4. The van der Waals surface area contributed by atoms with Crippen LogP contribution in [-0.2, 0) is 9.47 Å². The number of nitriles is 1. The van der Waals surface area contributed by atoms with E-state index in [9.17, 15) is 4.79 Å². The Hall–Kier alpha value is -1.28. The first-order valence-corrected chi connectivity index (χ1v) is 5.86. The molecule has 0 aliphatic carbocycles. The van der Waals surface area contributed by atoms with Gasteiger partial charge in [0, 0.05) is 13.2 Å². The summed E-state index contributed by atoms with van der Waals surface area (Å²) in [6, 6.07) is 2.21. The van der Waals surface area contributed by atoms with Gasteiger partial charge in [-0.3, -0.25) is 0 Å². The maximum Gasteiger partial charge on any atom is 0.407 e. The second-order valence-electron chi connectivity index (χ2n) is 5.24. The molecule has 0 radical (unpaired) electrons. The minimum absolute atomic E-state index is 0.140. The number of carbonyl (C=O) groups excluding carboxylic acids is 1. The zero-order valence-corrected chi connectivity index (χ0v) is 10.7. The molecular formula is C12H20N2O3. The van der Waals surface area contributed by atoms with E-state index in [0.29, 0.717) is 19.8 Å². The van der Waals surface area contributed by atoms with Crippen molar-refractivity contribution in [2.24, 2.45) is 11.8 Å². The number of alkyl carbamates (subject to hydrolysis) is 1. The molecule has 0 saturated carbocycles. The SMILES string of the molecule is CC(C)(C)OC(=O)NC[C@@H]1CCOC[C@@H]1C#N. The lowest BCUT2D eigenvalue weighted by Gasteiger charge is -2.27. The van der Waals surface area contributed by atoms with E-state index in [1.54, 1.807) is 0 Å². The predicted molar refractivity (Wildman–Crippen MR) is 62.3 cm³/mol. The largest absolute Gasteiger partial charge is 0.444 e. The van der Waals surface area contributed by atoms with Gasteiger partial charge in [-0.1, -0.05) is 0 Å². The van der Waals surface area contributed by atoms with Crippen molar-refractivity contribution < 1.29 is 14.3 Å². The van der Waals surface area contributed by atoms with Crippen LogP contribution < -0.4 is 5.32 Å². The zero-order valence-electron chi connectivity index (χ0n) is 10.7. The number of carbonyl (C=O) groups is 1. The van der Waals surface area contributed by atoms with Crippen LogP contribution in [0, 0.1) is 23.2 Å². The third-order valence-electron chi connectivity index (χ3n) is 2.57. The average molecular weight is 240 g/mol. The van der Waals surface area contributed by atoms with Gasteiger partial charge in [0.1, 0.15) is 5.60 Å². The van der Waals surface area contributed by atoms with Gasteiger partial charge >= 0.3 is 6.09 Å². The van der Waals surface area contributed by atoms with Crippen LogP contribution in [0.4, 0.5) is 4.79 Å². The molecule has 1 amide bonds. The number of rotatable bonds is 2. The van der Waals surface area contributed by atoms with Crippen molar-refractivity contribution >= 4 is 6.09 Å². The summed E-state index contributed by atoms with van der Waals surface area (Å²) < 4.78 is 10.4. The van der Waals surface area contributed by atoms with Crippen LogP contribution >= 0.6 is 0 Å². The van der Waals surface area contributed by atoms with Crippen molar-refractivity contribution in [2.45, 2.75) is 32.8 Å². The monoisotopic (exact) mass is 240 g/mol. The van der Waals surface area contributed by atoms with Crippen LogP contribution in [0.3, 0.4) is 0 Å². The highest BCUT2D eigenvalue weighted by atomic mass is 16.6. The second-order valence-corrected chi connectivity index (χ2v) is 5.24. The Bertz CT molecular complexity index is 304. The highest BCUT2D eigenvalue weighted by Gasteiger charge is 2.26. The summed E-state index contributed by atoms with van der Waals surface area (Å²) in [6.07, 6.45) is 0.370. The summed E-state index contributed by atoms with van der Waals surface area (Å²) >= 11 is 0. The molecule has 1 aliphatic heterocycles. The van der Waals surface area contributed by atoms with Gasteiger partial charge in [0.25, 0.3) is 0 Å². The van der Waals surface area contributed by atoms with E-state index >= 15 is 0 Å². The van der Waals surface area contributed by atoms with Gasteiger partial charge in [-0.15, -0.1) is 0 Å². The van der Waals surface area contributed by atoms with Crippen molar-refractivity contribution in [3.8, 4) is 6.07 Å². The molecule has 2 atom stereocenters. The molecule has 1 N–H and O–H groups in total. The van der Waals surface area contributed by atoms with E-state index < -0.39 is 11.7 Å². The van der Waals surface area contributed by atoms with Gasteiger partial charge in [0.15, 0.2) is 0 Å². The fraction of sp³-hybridized carbons (Fsp3) is 0.833. The molecule has 1 fully saturated rings. The van der Waals surface area contributed by atoms with Gasteiger partial charge < -0.3 is 14.8 Å². The molecule has 0 aromatic carbocycles. The molecular weight excluding hydrogens is 220 g/mol. The summed E-state index contributed by atoms with van der Waals surface area (Å²) in [4.78, 5) is 11.4. The van der Waals surface area contributed by atoms with E-state index in [4.69, 9.17) is 14.7 Å². The Morgan fingerprint density at radius 1 is 1.59 bits per heavy atom. The molecule has 5 nitrogen and oxygen atoms in total. The van der Waals surface area contributed by atoms with Crippen LogP contribution in [0.5, 0.6) is 0 Å². The standard InChI is InChI=1S/C12H20N2O3/c1-12(2,3)17-11(15)14-7-9-4-5-16-8-10(9)6-13/h9-10H,4-5,7-8H2,1-3H3,(H,14,15)/t9-,10-/m0/s1. The number of ether oxygens (including phenoxy) is 2. The molecule has 17 heavy (non-hydrogen) atoms. The Balaban J connectivity index is 2.34. The lowest BCUT2D eigenvalue weighted by Crippen LogP contribution is -2.39. The van der Waals surface area contributed by atoms with Crippen molar-refractivity contribution in [2.75, 3.05) is 19.8 Å². The molecule has 5 heteroatoms. The van der Waals surface area contributed by atoms with E-state index in [2.05, 4.69) is 11.4 Å². The normalized spacial score (nSPS) is 24.8. The van der Waals surface area contributed by atoms with Crippen LogP contribution in [0.15, 0.2) is 0 Å². The number of nitrogens with zero attached hydrogens (tertiary/aromatic N) is 1. The van der Waals surface area contributed by atoms with Crippen LogP contribution in [0.25, 0.3) is 0 Å². The van der Waals surface area contributed by atoms with Crippen molar-refractivity contribution in [1.29, 1.82) is 5.26 Å². The molecule has 96 valence electrons. The molecule has 0 bridgehead atoms. The average Bonchev–Trinajstić information content (AvgIpc) is 2.24. The fourth-order valence-electron chi connectivity index (χ4n) is 1.70. The molecule has 1 rings (SSSR count). The fourth-order valence-corrected chi connectivity index (χ4v) is 1.70. The summed E-state index contributed by atoms with van der Waals surface area (Å²) in [6.45, 7) is 7.03. The number of nitrogens with one attached hydrogen (secondary N) is 1. The Morgan fingerprint density at radius 2 is 2.29 bits per heavy atom. The summed E-state index contributed by atoms with van der Waals surface area (Å²) in [5, 5.41) is 11.6. The summed E-state index contributed by atoms with van der Waals surface area (Å²) in [7, 11) is 0. The van der Waals surface area contributed by atoms with Crippen molar-refractivity contribution in [3.63, 3.8) is 0 Å². The Morgan fingerprint density at radius 3 is 2.88 bits per heavy atom. The molecule has 1 aliphatic rings. The predicted octanol–water partition coefficient (Wildman–Crippen LogP) is 1.69. The van der Waals surface area contributed by atoms with Crippen LogP contribution in [-0.4, -0.2) is 31.5 Å². The summed E-state index contributed by atoms with van der Waals surface area (Å²) in [5.41, 5.74) is -0.492. The van der Waals surface area contributed by atoms with E-state index in [0.717, 1.165) is 6.42 Å². The lowest BCUT2D eigenvalue weighted by molar-refractivity contribution is 0.0309. The Kier molecular flexibility index (Phi) is 4.76. The van der Waals surface area contributed by atoms with Crippen LogP contribution in [0.1, 0.15) is 27.2 Å². The van der Waals surface area contributed by atoms with Gasteiger partial charge in [0.05, 0.1) is 18.6 Å². The van der Waals surface area contributed by atoms with E-state index in [1.807, 2.05) is 20.8 Å². The molecule has 0 aromatic heterocycles. The molecule has 1 heterocycles. The number of amides is 1. The topological polar surface area (TPSA) is 71.3 Å². The highest BCUT2D eigenvalue weighted by Crippen LogP contribution is 2.20. The van der Waals surface area contributed by atoms with Gasteiger partial charge in [-0.25, -0.2) is 4.79 Å².